The van der Waals surface area contributed by atoms with Gasteiger partial charge in [0.05, 0.1) is 23.3 Å². The summed E-state index contributed by atoms with van der Waals surface area (Å²) in [6.07, 6.45) is 8.57. The van der Waals surface area contributed by atoms with Crippen molar-refractivity contribution < 1.29 is 4.39 Å². The lowest BCUT2D eigenvalue weighted by Gasteiger charge is -2.24. The summed E-state index contributed by atoms with van der Waals surface area (Å²) in [6.45, 7) is 6.87. The Balaban J connectivity index is 1.66. The van der Waals surface area contributed by atoms with Crippen LogP contribution in [0.3, 0.4) is 0 Å². The third-order valence-corrected chi connectivity index (χ3v) is 5.53. The van der Waals surface area contributed by atoms with Gasteiger partial charge in [-0.2, -0.15) is 0 Å². The summed E-state index contributed by atoms with van der Waals surface area (Å²) in [5, 5.41) is 10.3. The van der Waals surface area contributed by atoms with Crippen LogP contribution in [-0.2, 0) is 13.6 Å². The molecule has 1 aliphatic heterocycles. The molecule has 0 aromatic carbocycles. The maximum Gasteiger partial charge on any atom is 0.167 e. The van der Waals surface area contributed by atoms with E-state index in [0.717, 1.165) is 43.4 Å². The molecule has 1 fully saturated rings. The van der Waals surface area contributed by atoms with Crippen molar-refractivity contribution in [1.82, 2.24) is 30.5 Å². The number of hydrogen-bond donors (Lipinski definition) is 3. The van der Waals surface area contributed by atoms with Gasteiger partial charge in [0.1, 0.15) is 5.69 Å². The van der Waals surface area contributed by atoms with Crippen LogP contribution in [0.1, 0.15) is 29.8 Å². The first-order chi connectivity index (χ1) is 15.6. The fraction of sp³-hybridized carbons (Fsp3) is 0.292. The topological polar surface area (TPSA) is 79.2 Å². The van der Waals surface area contributed by atoms with Crippen molar-refractivity contribution in [3.63, 3.8) is 0 Å². The van der Waals surface area contributed by atoms with Gasteiger partial charge in [-0.25, -0.2) is 9.38 Å². The van der Waals surface area contributed by atoms with Crippen LogP contribution in [0.15, 0.2) is 66.7 Å². The average molecular weight is 434 g/mol. The summed E-state index contributed by atoms with van der Waals surface area (Å²) in [7, 11) is 1.95. The molecule has 166 valence electrons. The monoisotopic (exact) mass is 433 g/mol. The first-order valence-electron chi connectivity index (χ1n) is 10.8. The highest BCUT2D eigenvalue weighted by Crippen LogP contribution is 2.20. The molecule has 0 spiro atoms. The third-order valence-electron chi connectivity index (χ3n) is 5.53. The summed E-state index contributed by atoms with van der Waals surface area (Å²) in [5.74, 6) is 0.0132. The molecule has 0 aliphatic carbocycles. The smallest absolute Gasteiger partial charge is 0.167 e. The van der Waals surface area contributed by atoms with Crippen LogP contribution in [0.2, 0.25) is 0 Å². The zero-order valence-corrected chi connectivity index (χ0v) is 18.2. The molecule has 0 bridgehead atoms. The van der Waals surface area contributed by atoms with Crippen molar-refractivity contribution >= 4 is 17.2 Å². The largest absolute Gasteiger partial charge is 0.348 e. The number of nitrogens with zero attached hydrogens (tertiary/aromatic N) is 4. The standard InChI is InChI=1S/C24H28FN7/c1-17(21-5-3-4-10-28-21)30-24(31-22-8-13-27-16-20(22)25)23-18(9-14-32(23)2)15-29-19-6-11-26-12-7-19/h3-5,8-10,13-14,16,19,26,29H,1,6-7,11-12,15H2,2H3,(H,27,30,31). The summed E-state index contributed by atoms with van der Waals surface area (Å²) in [4.78, 5) is 12.8. The van der Waals surface area contributed by atoms with E-state index in [-0.39, 0.29) is 5.69 Å². The highest BCUT2D eigenvalue weighted by atomic mass is 19.1. The van der Waals surface area contributed by atoms with Gasteiger partial charge in [-0.05, 0) is 55.8 Å². The first-order valence-corrected chi connectivity index (χ1v) is 10.8. The van der Waals surface area contributed by atoms with Crippen molar-refractivity contribution in [2.45, 2.75) is 25.4 Å². The Morgan fingerprint density at radius 1 is 1.25 bits per heavy atom. The van der Waals surface area contributed by atoms with E-state index < -0.39 is 5.82 Å². The molecule has 0 unspecified atom stereocenters. The van der Waals surface area contributed by atoms with E-state index in [2.05, 4.69) is 43.6 Å². The molecule has 0 radical (unpaired) electrons. The minimum absolute atomic E-state index is 0.204. The highest BCUT2D eigenvalue weighted by molar-refractivity contribution is 6.04. The molecule has 3 aromatic heterocycles. The third kappa shape index (κ3) is 5.27. The molecule has 3 aromatic rings. The minimum atomic E-state index is -0.487. The van der Waals surface area contributed by atoms with Gasteiger partial charge in [0.25, 0.3) is 0 Å². The van der Waals surface area contributed by atoms with E-state index in [1.165, 1.54) is 6.20 Å². The van der Waals surface area contributed by atoms with Gasteiger partial charge in [-0.15, -0.1) is 0 Å². The molecule has 1 aliphatic rings. The van der Waals surface area contributed by atoms with Gasteiger partial charge < -0.3 is 20.5 Å². The normalized spacial score (nSPS) is 15.0. The van der Waals surface area contributed by atoms with E-state index in [9.17, 15) is 4.39 Å². The quantitative estimate of drug-likeness (QED) is 0.394. The number of halogens is 1. The second-order valence-corrected chi connectivity index (χ2v) is 7.81. The number of piperidine rings is 1. The molecule has 1 saturated heterocycles. The van der Waals surface area contributed by atoms with Gasteiger partial charge in [0.15, 0.2) is 11.7 Å². The van der Waals surface area contributed by atoms with Crippen molar-refractivity contribution in [3.8, 4) is 0 Å². The predicted octanol–water partition coefficient (Wildman–Crippen LogP) is 3.13. The Hall–Kier alpha value is -3.36. The van der Waals surface area contributed by atoms with E-state index in [4.69, 9.17) is 0 Å². The van der Waals surface area contributed by atoms with Crippen molar-refractivity contribution in [2.75, 3.05) is 13.1 Å². The minimum Gasteiger partial charge on any atom is -0.348 e. The number of amidine groups is 1. The molecule has 8 heteroatoms. The Morgan fingerprint density at radius 3 is 2.84 bits per heavy atom. The number of aromatic nitrogens is 3. The van der Waals surface area contributed by atoms with Crippen LogP contribution in [0.4, 0.5) is 10.1 Å². The maximum atomic E-state index is 14.4. The lowest BCUT2D eigenvalue weighted by atomic mass is 10.1. The van der Waals surface area contributed by atoms with Crippen LogP contribution in [0, 0.1) is 5.82 Å². The predicted molar refractivity (Wildman–Crippen MR) is 125 cm³/mol. The van der Waals surface area contributed by atoms with Crippen LogP contribution in [0.5, 0.6) is 0 Å². The van der Waals surface area contributed by atoms with Crippen LogP contribution >= 0.6 is 0 Å². The molecule has 7 nitrogen and oxygen atoms in total. The number of hydrogen-bond acceptors (Lipinski definition) is 5. The van der Waals surface area contributed by atoms with Gasteiger partial charge in [-0.1, -0.05) is 12.6 Å². The molecule has 0 saturated carbocycles. The molecule has 32 heavy (non-hydrogen) atoms. The number of rotatable bonds is 7. The van der Waals surface area contributed by atoms with Gasteiger partial charge in [0, 0.05) is 38.2 Å². The van der Waals surface area contributed by atoms with E-state index in [1.54, 1.807) is 12.3 Å². The molecule has 0 amide bonds. The molecule has 4 rings (SSSR count). The second-order valence-electron chi connectivity index (χ2n) is 7.81. The molecular formula is C24H28FN7. The highest BCUT2D eigenvalue weighted by Gasteiger charge is 2.18. The number of nitrogens with one attached hydrogen (secondary N) is 3. The fourth-order valence-corrected chi connectivity index (χ4v) is 3.79. The zero-order valence-electron chi connectivity index (χ0n) is 18.2. The second kappa shape index (κ2) is 10.3. The maximum absolute atomic E-state index is 14.4. The van der Waals surface area contributed by atoms with Gasteiger partial charge >= 0.3 is 0 Å². The van der Waals surface area contributed by atoms with Crippen LogP contribution in [-0.4, -0.2) is 39.5 Å². The Labute approximate surface area is 187 Å². The van der Waals surface area contributed by atoms with Crippen LogP contribution < -0.4 is 16.0 Å². The van der Waals surface area contributed by atoms with Crippen molar-refractivity contribution in [3.05, 3.63) is 84.5 Å². The van der Waals surface area contributed by atoms with Gasteiger partial charge in [0.2, 0.25) is 0 Å². The molecule has 0 atom stereocenters. The van der Waals surface area contributed by atoms with E-state index >= 15 is 0 Å². The van der Waals surface area contributed by atoms with E-state index in [0.29, 0.717) is 29.8 Å². The lowest BCUT2D eigenvalue weighted by molar-refractivity contribution is 0.386. The van der Waals surface area contributed by atoms with Crippen LogP contribution in [0.25, 0.3) is 5.70 Å². The summed E-state index contributed by atoms with van der Waals surface area (Å²) in [5.41, 5.74) is 3.41. The van der Waals surface area contributed by atoms with Crippen molar-refractivity contribution in [2.24, 2.45) is 12.0 Å². The summed E-state index contributed by atoms with van der Waals surface area (Å²) >= 11 is 0. The number of aliphatic imine (C=N–C) groups is 1. The summed E-state index contributed by atoms with van der Waals surface area (Å²) < 4.78 is 16.4. The van der Waals surface area contributed by atoms with E-state index in [1.807, 2.05) is 36.0 Å². The molecule has 4 heterocycles. The summed E-state index contributed by atoms with van der Waals surface area (Å²) in [6, 6.07) is 9.69. The Kier molecular flexibility index (Phi) is 7.03. The lowest BCUT2D eigenvalue weighted by Crippen LogP contribution is -2.39. The molecular weight excluding hydrogens is 405 g/mol. The average Bonchev–Trinajstić information content (AvgIpc) is 3.20. The molecule has 3 N–H and O–H groups in total. The number of pyridine rings is 2. The first kappa shape index (κ1) is 21.9. The zero-order chi connectivity index (χ0) is 22.3. The Bertz CT molecular complexity index is 1080. The van der Waals surface area contributed by atoms with Gasteiger partial charge in [-0.3, -0.25) is 9.97 Å². The SMILES string of the molecule is C=C(NC(=Nc1ccncc1F)c1c(CNC2CCNCC2)ccn1C)c1ccccn1. The number of aryl methyl sites for hydroxylation is 1. The fourth-order valence-electron chi connectivity index (χ4n) is 3.79. The van der Waals surface area contributed by atoms with Crippen molar-refractivity contribution in [1.29, 1.82) is 0 Å². The Morgan fingerprint density at radius 2 is 2.09 bits per heavy atom.